The van der Waals surface area contributed by atoms with E-state index < -0.39 is 0 Å². The number of aromatic nitrogens is 2. The Hall–Kier alpha value is -1.10. The maximum atomic E-state index is 5.98. The van der Waals surface area contributed by atoms with Crippen LogP contribution in [0.25, 0.3) is 11.4 Å². The summed E-state index contributed by atoms with van der Waals surface area (Å²) < 4.78 is 5.23. The van der Waals surface area contributed by atoms with E-state index in [0.717, 1.165) is 12.1 Å². The molecule has 20 heavy (non-hydrogen) atoms. The van der Waals surface area contributed by atoms with Crippen LogP contribution in [0.4, 0.5) is 0 Å². The first-order chi connectivity index (χ1) is 9.35. The van der Waals surface area contributed by atoms with Gasteiger partial charge in [-0.25, -0.2) is 0 Å². The van der Waals surface area contributed by atoms with Gasteiger partial charge in [-0.15, -0.1) is 0 Å². The molecule has 1 heterocycles. The van der Waals surface area contributed by atoms with E-state index in [1.165, 1.54) is 0 Å². The summed E-state index contributed by atoms with van der Waals surface area (Å²) in [6.45, 7) is 7.12. The molecule has 0 radical (unpaired) electrons. The quantitative estimate of drug-likeness (QED) is 0.927. The second kappa shape index (κ2) is 6.12. The Labute approximate surface area is 128 Å². The van der Waals surface area contributed by atoms with Crippen molar-refractivity contribution >= 4 is 23.2 Å². The summed E-state index contributed by atoms with van der Waals surface area (Å²) in [7, 11) is 0. The van der Waals surface area contributed by atoms with Crippen LogP contribution in [0.5, 0.6) is 0 Å². The SMILES string of the molecule is CC(C)(C)NCCc1nc(-c2ccc(Cl)c(Cl)c2)no1. The number of benzene rings is 1. The Morgan fingerprint density at radius 1 is 1.20 bits per heavy atom. The van der Waals surface area contributed by atoms with Crippen LogP contribution in [0.3, 0.4) is 0 Å². The lowest BCUT2D eigenvalue weighted by atomic mass is 10.1. The van der Waals surface area contributed by atoms with Gasteiger partial charge >= 0.3 is 0 Å². The fraction of sp³-hybridized carbons (Fsp3) is 0.429. The zero-order valence-corrected chi connectivity index (χ0v) is 13.2. The summed E-state index contributed by atoms with van der Waals surface area (Å²) in [6, 6.07) is 5.26. The molecule has 1 N–H and O–H groups in total. The Kier molecular flexibility index (Phi) is 4.68. The molecule has 0 aliphatic rings. The smallest absolute Gasteiger partial charge is 0.228 e. The van der Waals surface area contributed by atoms with Crippen LogP contribution in [-0.4, -0.2) is 22.2 Å². The molecule has 0 saturated carbocycles. The maximum absolute atomic E-state index is 5.98. The zero-order valence-electron chi connectivity index (χ0n) is 11.7. The first-order valence-corrected chi connectivity index (χ1v) is 7.14. The maximum Gasteiger partial charge on any atom is 0.228 e. The molecule has 108 valence electrons. The number of hydrogen-bond donors (Lipinski definition) is 1. The van der Waals surface area contributed by atoms with Crippen LogP contribution in [0, 0.1) is 0 Å². The van der Waals surface area contributed by atoms with Gasteiger partial charge in [0.25, 0.3) is 0 Å². The van der Waals surface area contributed by atoms with Crippen molar-refractivity contribution in [1.29, 1.82) is 0 Å². The van der Waals surface area contributed by atoms with Gasteiger partial charge in [-0.2, -0.15) is 4.98 Å². The van der Waals surface area contributed by atoms with E-state index in [-0.39, 0.29) is 5.54 Å². The lowest BCUT2D eigenvalue weighted by molar-refractivity contribution is 0.362. The molecular formula is C14H17Cl2N3O. The average Bonchev–Trinajstić information content (AvgIpc) is 2.80. The van der Waals surface area contributed by atoms with Crippen molar-refractivity contribution in [2.24, 2.45) is 0 Å². The minimum Gasteiger partial charge on any atom is -0.339 e. The van der Waals surface area contributed by atoms with Crippen LogP contribution >= 0.6 is 23.2 Å². The van der Waals surface area contributed by atoms with E-state index >= 15 is 0 Å². The van der Waals surface area contributed by atoms with Gasteiger partial charge in [0.15, 0.2) is 0 Å². The highest BCUT2D eigenvalue weighted by atomic mass is 35.5. The molecule has 0 bridgehead atoms. The van der Waals surface area contributed by atoms with Crippen LogP contribution in [0.1, 0.15) is 26.7 Å². The van der Waals surface area contributed by atoms with Crippen molar-refractivity contribution in [2.75, 3.05) is 6.54 Å². The first-order valence-electron chi connectivity index (χ1n) is 6.38. The van der Waals surface area contributed by atoms with Crippen molar-refractivity contribution in [1.82, 2.24) is 15.5 Å². The van der Waals surface area contributed by atoms with Gasteiger partial charge in [0.1, 0.15) is 0 Å². The van der Waals surface area contributed by atoms with Crippen molar-refractivity contribution in [3.8, 4) is 11.4 Å². The number of nitrogens with zero attached hydrogens (tertiary/aromatic N) is 2. The zero-order chi connectivity index (χ0) is 14.8. The minimum atomic E-state index is 0.0759. The average molecular weight is 314 g/mol. The molecule has 4 nitrogen and oxygen atoms in total. The van der Waals surface area contributed by atoms with Gasteiger partial charge < -0.3 is 9.84 Å². The Balaban J connectivity index is 2.03. The normalized spacial score (nSPS) is 11.8. The van der Waals surface area contributed by atoms with Gasteiger partial charge in [-0.05, 0) is 39.0 Å². The molecule has 0 aliphatic carbocycles. The molecule has 1 aromatic carbocycles. The Bertz CT molecular complexity index is 590. The highest BCUT2D eigenvalue weighted by Crippen LogP contribution is 2.27. The second-order valence-corrected chi connectivity index (χ2v) is 6.38. The molecule has 0 amide bonds. The molecule has 0 saturated heterocycles. The predicted octanol–water partition coefficient (Wildman–Crippen LogP) is 3.97. The monoisotopic (exact) mass is 313 g/mol. The Morgan fingerprint density at radius 3 is 2.60 bits per heavy atom. The van der Waals surface area contributed by atoms with Crippen LogP contribution in [-0.2, 0) is 6.42 Å². The summed E-state index contributed by atoms with van der Waals surface area (Å²) >= 11 is 11.9. The molecule has 2 rings (SSSR count). The van der Waals surface area contributed by atoms with E-state index in [1.54, 1.807) is 12.1 Å². The van der Waals surface area contributed by atoms with E-state index in [0.29, 0.717) is 28.2 Å². The number of rotatable bonds is 4. The molecular weight excluding hydrogens is 297 g/mol. The highest BCUT2D eigenvalue weighted by molar-refractivity contribution is 6.42. The molecule has 0 spiro atoms. The third kappa shape index (κ3) is 4.20. The van der Waals surface area contributed by atoms with Gasteiger partial charge in [0.2, 0.25) is 11.7 Å². The second-order valence-electron chi connectivity index (χ2n) is 5.57. The molecule has 0 atom stereocenters. The summed E-state index contributed by atoms with van der Waals surface area (Å²) in [5.74, 6) is 1.12. The van der Waals surface area contributed by atoms with E-state index in [2.05, 4.69) is 36.2 Å². The van der Waals surface area contributed by atoms with Gasteiger partial charge in [-0.3, -0.25) is 0 Å². The fourth-order valence-electron chi connectivity index (χ4n) is 1.65. The van der Waals surface area contributed by atoms with Gasteiger partial charge in [-0.1, -0.05) is 28.4 Å². The third-order valence-corrected chi connectivity index (χ3v) is 3.38. The minimum absolute atomic E-state index is 0.0759. The predicted molar refractivity (Wildman–Crippen MR) is 81.2 cm³/mol. The third-order valence-electron chi connectivity index (χ3n) is 2.64. The summed E-state index contributed by atoms with van der Waals surface area (Å²) in [6.07, 6.45) is 0.686. The Morgan fingerprint density at radius 2 is 1.95 bits per heavy atom. The van der Waals surface area contributed by atoms with E-state index in [1.807, 2.05) is 6.07 Å². The topological polar surface area (TPSA) is 51.0 Å². The molecule has 6 heteroatoms. The summed E-state index contributed by atoms with van der Waals surface area (Å²) in [5.41, 5.74) is 0.866. The van der Waals surface area contributed by atoms with E-state index in [9.17, 15) is 0 Å². The largest absolute Gasteiger partial charge is 0.339 e. The number of nitrogens with one attached hydrogen (secondary N) is 1. The van der Waals surface area contributed by atoms with Crippen molar-refractivity contribution in [2.45, 2.75) is 32.7 Å². The van der Waals surface area contributed by atoms with Crippen molar-refractivity contribution < 1.29 is 4.52 Å². The van der Waals surface area contributed by atoms with Crippen LogP contribution in [0.15, 0.2) is 22.7 Å². The lowest BCUT2D eigenvalue weighted by Crippen LogP contribution is -2.37. The van der Waals surface area contributed by atoms with Crippen molar-refractivity contribution in [3.63, 3.8) is 0 Å². The lowest BCUT2D eigenvalue weighted by Gasteiger charge is -2.19. The van der Waals surface area contributed by atoms with Crippen LogP contribution < -0.4 is 5.32 Å². The molecule has 0 aliphatic heterocycles. The summed E-state index contributed by atoms with van der Waals surface area (Å²) in [5, 5.41) is 8.31. The molecule has 0 fully saturated rings. The van der Waals surface area contributed by atoms with Gasteiger partial charge in [0.05, 0.1) is 10.0 Å². The van der Waals surface area contributed by atoms with Crippen molar-refractivity contribution in [3.05, 3.63) is 34.1 Å². The fourth-order valence-corrected chi connectivity index (χ4v) is 1.95. The van der Waals surface area contributed by atoms with E-state index in [4.69, 9.17) is 27.7 Å². The summed E-state index contributed by atoms with van der Waals surface area (Å²) in [4.78, 5) is 4.35. The highest BCUT2D eigenvalue weighted by Gasteiger charge is 2.12. The van der Waals surface area contributed by atoms with Crippen LogP contribution in [0.2, 0.25) is 10.0 Å². The first kappa shape index (κ1) is 15.3. The molecule has 0 unspecified atom stereocenters. The molecule has 1 aromatic heterocycles. The standard InChI is InChI=1S/C14H17Cl2N3O/c1-14(2,3)17-7-6-12-18-13(19-20-12)9-4-5-10(15)11(16)8-9/h4-5,8,17H,6-7H2,1-3H3. The molecule has 2 aromatic rings. The number of hydrogen-bond acceptors (Lipinski definition) is 4. The number of halogens is 2. The van der Waals surface area contributed by atoms with Gasteiger partial charge in [0, 0.05) is 24.1 Å².